The molecule has 0 rings (SSSR count). The van der Waals surface area contributed by atoms with Crippen LogP contribution in [0.25, 0.3) is 0 Å². The predicted octanol–water partition coefficient (Wildman–Crippen LogP) is 0.0337. The van der Waals surface area contributed by atoms with Gasteiger partial charge in [-0.15, -0.1) is 12.4 Å². The van der Waals surface area contributed by atoms with E-state index in [9.17, 15) is 10.1 Å². The SMILES string of the molecule is Cl.NCCC[N+](=O)[O-]. The van der Waals surface area contributed by atoms with E-state index in [0.29, 0.717) is 13.0 Å². The van der Waals surface area contributed by atoms with Gasteiger partial charge in [-0.25, -0.2) is 0 Å². The first-order valence-electron chi connectivity index (χ1n) is 2.09. The Balaban J connectivity index is 0. The maximum Gasteiger partial charge on any atom is 0.205 e. The van der Waals surface area contributed by atoms with E-state index in [2.05, 4.69) is 0 Å². The first-order chi connectivity index (χ1) is 3.27. The summed E-state index contributed by atoms with van der Waals surface area (Å²) in [5.41, 5.74) is 4.97. The Kier molecular flexibility index (Phi) is 8.81. The highest BCUT2D eigenvalue weighted by Gasteiger charge is 1.90. The molecular weight excluding hydrogens is 131 g/mol. The summed E-state index contributed by atoms with van der Waals surface area (Å²) in [5.74, 6) is 0. The van der Waals surface area contributed by atoms with Gasteiger partial charge < -0.3 is 5.73 Å². The molecule has 0 spiro atoms. The molecule has 0 aromatic carbocycles. The topological polar surface area (TPSA) is 69.2 Å². The van der Waals surface area contributed by atoms with E-state index in [0.717, 1.165) is 0 Å². The van der Waals surface area contributed by atoms with Gasteiger partial charge >= 0.3 is 0 Å². The van der Waals surface area contributed by atoms with Gasteiger partial charge in [-0.05, 0) is 6.54 Å². The number of halogens is 1. The van der Waals surface area contributed by atoms with Gasteiger partial charge in [0.1, 0.15) is 0 Å². The van der Waals surface area contributed by atoms with Crippen molar-refractivity contribution in [1.82, 2.24) is 0 Å². The zero-order valence-corrected chi connectivity index (χ0v) is 5.19. The summed E-state index contributed by atoms with van der Waals surface area (Å²) in [6.07, 6.45) is 0.479. The number of nitro groups is 1. The van der Waals surface area contributed by atoms with Gasteiger partial charge in [0.2, 0.25) is 6.54 Å². The third-order valence-electron chi connectivity index (χ3n) is 0.545. The number of hydrogen-bond donors (Lipinski definition) is 1. The summed E-state index contributed by atoms with van der Waals surface area (Å²) < 4.78 is 0. The second-order valence-electron chi connectivity index (χ2n) is 1.20. The maximum atomic E-state index is 9.51. The Hall–Kier alpha value is -0.350. The molecule has 0 saturated heterocycles. The van der Waals surface area contributed by atoms with E-state index in [1.165, 1.54) is 0 Å². The average molecular weight is 141 g/mol. The minimum Gasteiger partial charge on any atom is -0.330 e. The van der Waals surface area contributed by atoms with Crippen molar-refractivity contribution < 1.29 is 4.92 Å². The van der Waals surface area contributed by atoms with Crippen LogP contribution in [0.1, 0.15) is 6.42 Å². The third-order valence-corrected chi connectivity index (χ3v) is 0.545. The summed E-state index contributed by atoms with van der Waals surface area (Å²) in [6.45, 7) is 0.400. The number of nitrogens with two attached hydrogens (primary N) is 1. The average Bonchev–Trinajstić information content (AvgIpc) is 1.61. The van der Waals surface area contributed by atoms with Crippen LogP contribution in [-0.2, 0) is 0 Å². The predicted molar refractivity (Wildman–Crippen MR) is 32.8 cm³/mol. The summed E-state index contributed by atoms with van der Waals surface area (Å²) in [5, 5.41) is 9.51. The molecule has 4 nitrogen and oxygen atoms in total. The van der Waals surface area contributed by atoms with Crippen molar-refractivity contribution in [2.24, 2.45) is 5.73 Å². The maximum absolute atomic E-state index is 9.51. The van der Waals surface area contributed by atoms with Crippen LogP contribution in [0.2, 0.25) is 0 Å². The Morgan fingerprint density at radius 2 is 2.12 bits per heavy atom. The van der Waals surface area contributed by atoms with Gasteiger partial charge in [0.25, 0.3) is 0 Å². The second kappa shape index (κ2) is 6.65. The molecule has 0 aromatic heterocycles. The lowest BCUT2D eigenvalue weighted by molar-refractivity contribution is -0.480. The Morgan fingerprint density at radius 1 is 1.62 bits per heavy atom. The normalized spacial score (nSPS) is 7.62. The standard InChI is InChI=1S/C3H8N2O2.ClH/c4-2-1-3-5(6)7;/h1-4H2;1H. The van der Waals surface area contributed by atoms with Gasteiger partial charge in [-0.2, -0.15) is 0 Å². The molecule has 0 radical (unpaired) electrons. The molecule has 2 N–H and O–H groups in total. The second-order valence-corrected chi connectivity index (χ2v) is 1.20. The Morgan fingerprint density at radius 3 is 2.25 bits per heavy atom. The molecule has 0 bridgehead atoms. The van der Waals surface area contributed by atoms with Crippen LogP contribution < -0.4 is 5.73 Å². The van der Waals surface area contributed by atoms with E-state index in [1.807, 2.05) is 0 Å². The van der Waals surface area contributed by atoms with Gasteiger partial charge in [0.15, 0.2) is 0 Å². The molecule has 0 amide bonds. The van der Waals surface area contributed by atoms with Crippen LogP contribution in [0.15, 0.2) is 0 Å². The molecule has 0 heterocycles. The Bertz CT molecular complexity index is 68.3. The van der Waals surface area contributed by atoms with Crippen molar-refractivity contribution in [1.29, 1.82) is 0 Å². The van der Waals surface area contributed by atoms with E-state index in [1.54, 1.807) is 0 Å². The van der Waals surface area contributed by atoms with Crippen LogP contribution in [-0.4, -0.2) is 18.0 Å². The van der Waals surface area contributed by atoms with Crippen LogP contribution in [0.5, 0.6) is 0 Å². The number of hydrogen-bond acceptors (Lipinski definition) is 3. The largest absolute Gasteiger partial charge is 0.330 e. The van der Waals surface area contributed by atoms with E-state index in [4.69, 9.17) is 5.73 Å². The summed E-state index contributed by atoms with van der Waals surface area (Å²) in [6, 6.07) is 0. The lowest BCUT2D eigenvalue weighted by Gasteiger charge is -1.85. The monoisotopic (exact) mass is 140 g/mol. The van der Waals surface area contributed by atoms with Crippen LogP contribution in [0.3, 0.4) is 0 Å². The van der Waals surface area contributed by atoms with E-state index in [-0.39, 0.29) is 23.9 Å². The smallest absolute Gasteiger partial charge is 0.205 e. The lowest BCUT2D eigenvalue weighted by atomic mass is 10.4. The molecule has 0 aliphatic rings. The summed E-state index contributed by atoms with van der Waals surface area (Å²) in [7, 11) is 0. The fourth-order valence-corrected chi connectivity index (χ4v) is 0.220. The first-order valence-corrected chi connectivity index (χ1v) is 2.09. The van der Waals surface area contributed by atoms with Crippen molar-refractivity contribution in [2.45, 2.75) is 6.42 Å². The number of rotatable bonds is 3. The molecule has 0 atom stereocenters. The minimum absolute atomic E-state index is 0. The zero-order valence-electron chi connectivity index (χ0n) is 4.37. The van der Waals surface area contributed by atoms with Crippen LogP contribution in [0.4, 0.5) is 0 Å². The highest BCUT2D eigenvalue weighted by Crippen LogP contribution is 1.72. The van der Waals surface area contributed by atoms with Crippen molar-refractivity contribution >= 4 is 12.4 Å². The molecule has 8 heavy (non-hydrogen) atoms. The van der Waals surface area contributed by atoms with Crippen molar-refractivity contribution in [2.75, 3.05) is 13.1 Å². The van der Waals surface area contributed by atoms with E-state index >= 15 is 0 Å². The minimum atomic E-state index is -0.368. The summed E-state index contributed by atoms with van der Waals surface area (Å²) >= 11 is 0. The summed E-state index contributed by atoms with van der Waals surface area (Å²) in [4.78, 5) is 9.14. The molecule has 0 fully saturated rings. The van der Waals surface area contributed by atoms with Crippen molar-refractivity contribution in [3.05, 3.63) is 10.1 Å². The van der Waals surface area contributed by atoms with Gasteiger partial charge in [0, 0.05) is 11.3 Å². The van der Waals surface area contributed by atoms with Crippen LogP contribution >= 0.6 is 12.4 Å². The molecule has 0 unspecified atom stereocenters. The molecule has 5 heteroatoms. The quantitative estimate of drug-likeness (QED) is 0.444. The van der Waals surface area contributed by atoms with E-state index < -0.39 is 0 Å². The lowest BCUT2D eigenvalue weighted by Crippen LogP contribution is -2.07. The highest BCUT2D eigenvalue weighted by atomic mass is 35.5. The molecule has 0 aromatic rings. The molecule has 50 valence electrons. The van der Waals surface area contributed by atoms with Crippen LogP contribution in [0, 0.1) is 10.1 Å². The molecule has 0 aliphatic carbocycles. The number of nitrogens with zero attached hydrogens (tertiary/aromatic N) is 1. The third kappa shape index (κ3) is 9.17. The molecular formula is C3H9ClN2O2. The molecule has 0 aliphatic heterocycles. The highest BCUT2D eigenvalue weighted by molar-refractivity contribution is 5.85. The fraction of sp³-hybridized carbons (Fsp3) is 1.00. The van der Waals surface area contributed by atoms with Crippen molar-refractivity contribution in [3.8, 4) is 0 Å². The fourth-order valence-electron chi connectivity index (χ4n) is 0.220. The molecule has 0 saturated carbocycles. The van der Waals surface area contributed by atoms with Gasteiger partial charge in [0.05, 0.1) is 0 Å². The van der Waals surface area contributed by atoms with Crippen molar-refractivity contribution in [3.63, 3.8) is 0 Å². The van der Waals surface area contributed by atoms with Gasteiger partial charge in [-0.3, -0.25) is 10.1 Å². The van der Waals surface area contributed by atoms with Gasteiger partial charge in [-0.1, -0.05) is 0 Å². The zero-order chi connectivity index (χ0) is 5.70. The first kappa shape index (κ1) is 10.6. The Labute approximate surface area is 53.6 Å².